The van der Waals surface area contributed by atoms with Crippen molar-refractivity contribution in [1.29, 1.82) is 0 Å². The summed E-state index contributed by atoms with van der Waals surface area (Å²) in [5.74, 6) is -0.539. The normalized spacial score (nSPS) is 17.3. The second-order valence-electron chi connectivity index (χ2n) is 9.55. The molecule has 2 N–H and O–H groups in total. The van der Waals surface area contributed by atoms with Crippen LogP contribution in [0.15, 0.2) is 59.5 Å². The summed E-state index contributed by atoms with van der Waals surface area (Å²) in [4.78, 5) is 31.8. The number of hydrogen-bond donors (Lipinski definition) is 2. The molecule has 7 nitrogen and oxygen atoms in total. The van der Waals surface area contributed by atoms with Crippen LogP contribution in [0.25, 0.3) is 16.8 Å². The molecular weight excluding hydrogens is 469 g/mol. The number of nitrogens with zero attached hydrogens (tertiary/aromatic N) is 3. The molecular formula is C26H23ClFN5O2. The van der Waals surface area contributed by atoms with Gasteiger partial charge in [0.2, 0.25) is 0 Å². The molecule has 1 saturated carbocycles. The van der Waals surface area contributed by atoms with Gasteiger partial charge in [-0.2, -0.15) is 5.10 Å². The first-order valence-electron chi connectivity index (χ1n) is 11.5. The number of H-pyrrole nitrogens is 1. The van der Waals surface area contributed by atoms with Crippen molar-refractivity contribution in [2.45, 2.75) is 24.3 Å². The summed E-state index contributed by atoms with van der Waals surface area (Å²) in [5.41, 5.74) is 2.54. The Morgan fingerprint density at radius 2 is 1.94 bits per heavy atom. The number of hydrogen-bond acceptors (Lipinski definition) is 4. The van der Waals surface area contributed by atoms with E-state index in [4.69, 9.17) is 11.6 Å². The molecule has 1 aliphatic carbocycles. The number of aromatic nitrogens is 3. The maximum absolute atomic E-state index is 13.6. The summed E-state index contributed by atoms with van der Waals surface area (Å²) in [6.07, 6.45) is 3.53. The van der Waals surface area contributed by atoms with E-state index in [1.807, 2.05) is 19.2 Å². The Kier molecular flexibility index (Phi) is 5.05. The van der Waals surface area contributed by atoms with Gasteiger partial charge in [-0.05, 0) is 55.6 Å². The lowest BCUT2D eigenvalue weighted by Crippen LogP contribution is -2.66. The second-order valence-corrected chi connectivity index (χ2v) is 9.99. The average Bonchev–Trinajstić information content (AvgIpc) is 3.57. The maximum Gasteiger partial charge on any atom is 0.274 e. The molecule has 9 heteroatoms. The molecule has 35 heavy (non-hydrogen) atoms. The van der Waals surface area contributed by atoms with Gasteiger partial charge in [0.25, 0.3) is 11.5 Å². The zero-order chi connectivity index (χ0) is 24.3. The largest absolute Gasteiger partial charge is 0.338 e. The van der Waals surface area contributed by atoms with Crippen LogP contribution >= 0.6 is 11.6 Å². The topological polar surface area (TPSA) is 82.5 Å². The molecule has 6 rings (SSSR count). The smallest absolute Gasteiger partial charge is 0.274 e. The van der Waals surface area contributed by atoms with Gasteiger partial charge in [-0.15, -0.1) is 0 Å². The monoisotopic (exact) mass is 491 g/mol. The minimum atomic E-state index is -0.644. The minimum absolute atomic E-state index is 0.122. The van der Waals surface area contributed by atoms with Crippen LogP contribution < -0.4 is 10.9 Å². The molecule has 0 unspecified atom stereocenters. The lowest BCUT2D eigenvalue weighted by Gasteiger charge is -2.49. The van der Waals surface area contributed by atoms with E-state index in [1.54, 1.807) is 30.5 Å². The third kappa shape index (κ3) is 3.83. The number of amides is 1. The Labute approximate surface area is 205 Å². The van der Waals surface area contributed by atoms with Gasteiger partial charge >= 0.3 is 0 Å². The van der Waals surface area contributed by atoms with Gasteiger partial charge in [-0.25, -0.2) is 8.91 Å². The third-order valence-electron chi connectivity index (χ3n) is 6.83. The SMILES string of the molecule is CN1CC(NC(=O)c2nn3cc(-c4cccc(Cl)c4)[nH]c(=O)c3c2C2CC2)(c2ccc(F)cc2)C1. The number of aromatic amines is 1. The fraction of sp³-hybridized carbons (Fsp3) is 0.269. The van der Waals surface area contributed by atoms with Crippen LogP contribution in [0.3, 0.4) is 0 Å². The van der Waals surface area contributed by atoms with Crippen molar-refractivity contribution in [3.8, 4) is 11.3 Å². The van der Waals surface area contributed by atoms with Crippen molar-refractivity contribution in [2.75, 3.05) is 20.1 Å². The summed E-state index contributed by atoms with van der Waals surface area (Å²) in [5, 5.41) is 8.31. The van der Waals surface area contributed by atoms with E-state index in [0.717, 1.165) is 24.0 Å². The van der Waals surface area contributed by atoms with Crippen molar-refractivity contribution in [3.05, 3.63) is 92.7 Å². The first-order valence-corrected chi connectivity index (χ1v) is 11.9. The van der Waals surface area contributed by atoms with E-state index < -0.39 is 5.54 Å². The summed E-state index contributed by atoms with van der Waals surface area (Å²) in [6.45, 7) is 1.19. The molecule has 1 saturated heterocycles. The number of benzene rings is 2. The van der Waals surface area contributed by atoms with E-state index in [0.29, 0.717) is 34.9 Å². The minimum Gasteiger partial charge on any atom is -0.338 e. The molecule has 3 heterocycles. The molecule has 1 amide bonds. The molecule has 2 aromatic heterocycles. The standard InChI is InChI=1S/C26H23ClFN5O2/c1-32-13-26(14-32,17-7-9-19(28)10-8-17)30-24(34)22-21(15-5-6-15)23-25(35)29-20(12-33(23)31-22)16-3-2-4-18(27)11-16/h2-4,7-12,15H,5-6,13-14H2,1H3,(H,29,35)(H,30,34). The number of fused-ring (bicyclic) bond motifs is 1. The Bertz CT molecular complexity index is 1520. The van der Waals surface area contributed by atoms with Gasteiger partial charge in [0.15, 0.2) is 5.69 Å². The van der Waals surface area contributed by atoms with Crippen LogP contribution in [0.2, 0.25) is 5.02 Å². The summed E-state index contributed by atoms with van der Waals surface area (Å²) in [7, 11) is 1.96. The fourth-order valence-corrected chi connectivity index (χ4v) is 5.28. The van der Waals surface area contributed by atoms with Gasteiger partial charge in [-0.3, -0.25) is 9.59 Å². The molecule has 0 bridgehead atoms. The van der Waals surface area contributed by atoms with Crippen molar-refractivity contribution in [3.63, 3.8) is 0 Å². The number of rotatable bonds is 5. The van der Waals surface area contributed by atoms with Gasteiger partial charge in [0, 0.05) is 29.2 Å². The average molecular weight is 492 g/mol. The lowest BCUT2D eigenvalue weighted by molar-refractivity contribution is 0.0507. The molecule has 2 aromatic carbocycles. The van der Waals surface area contributed by atoms with Crippen LogP contribution in [0.1, 0.15) is 40.4 Å². The van der Waals surface area contributed by atoms with Crippen molar-refractivity contribution in [1.82, 2.24) is 24.8 Å². The first kappa shape index (κ1) is 22.0. The van der Waals surface area contributed by atoms with Crippen molar-refractivity contribution in [2.24, 2.45) is 0 Å². The van der Waals surface area contributed by atoms with Crippen LogP contribution in [0.5, 0.6) is 0 Å². The zero-order valence-electron chi connectivity index (χ0n) is 19.0. The third-order valence-corrected chi connectivity index (χ3v) is 7.06. The van der Waals surface area contributed by atoms with Crippen LogP contribution in [0.4, 0.5) is 4.39 Å². The lowest BCUT2D eigenvalue weighted by atomic mass is 9.82. The second kappa shape index (κ2) is 8.03. The Morgan fingerprint density at radius 1 is 1.20 bits per heavy atom. The van der Waals surface area contributed by atoms with Gasteiger partial charge in [-0.1, -0.05) is 35.9 Å². The molecule has 0 radical (unpaired) electrons. The van der Waals surface area contributed by atoms with E-state index in [9.17, 15) is 14.0 Å². The van der Waals surface area contributed by atoms with E-state index in [-0.39, 0.29) is 28.9 Å². The zero-order valence-corrected chi connectivity index (χ0v) is 19.8. The van der Waals surface area contributed by atoms with Crippen LogP contribution in [-0.2, 0) is 5.54 Å². The summed E-state index contributed by atoms with van der Waals surface area (Å²) in [6, 6.07) is 13.4. The highest BCUT2D eigenvalue weighted by Crippen LogP contribution is 2.43. The number of carbonyl (C=O) groups excluding carboxylic acids is 1. The predicted octanol–water partition coefficient (Wildman–Crippen LogP) is 3.93. The van der Waals surface area contributed by atoms with Crippen molar-refractivity contribution >= 4 is 23.0 Å². The van der Waals surface area contributed by atoms with Crippen LogP contribution in [-0.4, -0.2) is 45.5 Å². The number of nitrogens with one attached hydrogen (secondary N) is 2. The van der Waals surface area contributed by atoms with E-state index in [1.165, 1.54) is 16.6 Å². The highest BCUT2D eigenvalue weighted by Gasteiger charge is 2.45. The predicted molar refractivity (Wildman–Crippen MR) is 131 cm³/mol. The molecule has 2 aliphatic rings. The summed E-state index contributed by atoms with van der Waals surface area (Å²) < 4.78 is 15.0. The van der Waals surface area contributed by atoms with Gasteiger partial charge < -0.3 is 15.2 Å². The number of carbonyl (C=O) groups is 1. The Hall–Kier alpha value is -3.49. The Balaban J connectivity index is 1.42. The molecule has 0 atom stereocenters. The van der Waals surface area contributed by atoms with Gasteiger partial charge in [0.1, 0.15) is 11.3 Å². The Morgan fingerprint density at radius 3 is 2.60 bits per heavy atom. The quantitative estimate of drug-likeness (QED) is 0.443. The van der Waals surface area contributed by atoms with Gasteiger partial charge in [0.05, 0.1) is 17.4 Å². The molecule has 4 aromatic rings. The molecule has 178 valence electrons. The van der Waals surface area contributed by atoms with Crippen molar-refractivity contribution < 1.29 is 9.18 Å². The molecule has 2 fully saturated rings. The maximum atomic E-state index is 13.6. The molecule has 1 aliphatic heterocycles. The number of likely N-dealkylation sites (tertiary alicyclic amines) is 1. The number of likely N-dealkylation sites (N-methyl/N-ethyl adjacent to an activating group) is 1. The highest BCUT2D eigenvalue weighted by molar-refractivity contribution is 6.30. The van der Waals surface area contributed by atoms with Crippen LogP contribution in [0, 0.1) is 5.82 Å². The van der Waals surface area contributed by atoms with E-state index >= 15 is 0 Å². The van der Waals surface area contributed by atoms with E-state index in [2.05, 4.69) is 20.3 Å². The first-order chi connectivity index (χ1) is 16.8. The molecule has 0 spiro atoms. The fourth-order valence-electron chi connectivity index (χ4n) is 5.09. The highest BCUT2D eigenvalue weighted by atomic mass is 35.5. The number of halogens is 2. The summed E-state index contributed by atoms with van der Waals surface area (Å²) >= 11 is 6.13.